The SMILES string of the molecule is COc1ccc(CN(C)[C@H](C)C(=O)Nc2cccc3ccccc23)cc1F. The van der Waals surface area contributed by atoms with Gasteiger partial charge < -0.3 is 10.1 Å². The Labute approximate surface area is 158 Å². The first kappa shape index (κ1) is 18.9. The smallest absolute Gasteiger partial charge is 0.241 e. The number of hydrogen-bond donors (Lipinski definition) is 1. The highest BCUT2D eigenvalue weighted by Gasteiger charge is 2.19. The summed E-state index contributed by atoms with van der Waals surface area (Å²) in [6.07, 6.45) is 0. The van der Waals surface area contributed by atoms with Crippen LogP contribution < -0.4 is 10.1 Å². The molecular formula is C22H23FN2O2. The quantitative estimate of drug-likeness (QED) is 0.701. The minimum absolute atomic E-state index is 0.108. The molecule has 0 unspecified atom stereocenters. The Morgan fingerprint density at radius 1 is 1.15 bits per heavy atom. The second kappa shape index (κ2) is 8.18. The van der Waals surface area contributed by atoms with Crippen molar-refractivity contribution in [1.82, 2.24) is 4.90 Å². The van der Waals surface area contributed by atoms with E-state index in [2.05, 4.69) is 5.32 Å². The maximum Gasteiger partial charge on any atom is 0.241 e. The third kappa shape index (κ3) is 4.26. The second-order valence-electron chi connectivity index (χ2n) is 6.58. The second-order valence-corrected chi connectivity index (χ2v) is 6.58. The van der Waals surface area contributed by atoms with E-state index in [1.165, 1.54) is 13.2 Å². The standard InChI is InChI=1S/C22H23FN2O2/c1-15(25(2)14-16-11-12-21(27-3)19(23)13-16)22(26)24-20-10-6-8-17-7-4-5-9-18(17)20/h4-13,15H,14H2,1-3H3,(H,24,26)/t15-/m1/s1. The summed E-state index contributed by atoms with van der Waals surface area (Å²) in [5, 5.41) is 5.08. The van der Waals surface area contributed by atoms with Crippen LogP contribution in [0.2, 0.25) is 0 Å². The van der Waals surface area contributed by atoms with Crippen molar-refractivity contribution in [2.45, 2.75) is 19.5 Å². The lowest BCUT2D eigenvalue weighted by atomic mass is 10.1. The van der Waals surface area contributed by atoms with E-state index in [-0.39, 0.29) is 17.7 Å². The van der Waals surface area contributed by atoms with Gasteiger partial charge in [0.25, 0.3) is 0 Å². The molecule has 0 heterocycles. The summed E-state index contributed by atoms with van der Waals surface area (Å²) < 4.78 is 18.8. The number of anilines is 1. The molecule has 3 rings (SSSR count). The molecule has 1 N–H and O–H groups in total. The fourth-order valence-corrected chi connectivity index (χ4v) is 3.00. The Balaban J connectivity index is 1.70. The van der Waals surface area contributed by atoms with Crippen LogP contribution in [0.15, 0.2) is 60.7 Å². The molecular weight excluding hydrogens is 343 g/mol. The summed E-state index contributed by atoms with van der Waals surface area (Å²) in [5.74, 6) is -0.303. The van der Waals surface area contributed by atoms with E-state index in [1.807, 2.05) is 61.3 Å². The van der Waals surface area contributed by atoms with Gasteiger partial charge in [-0.3, -0.25) is 9.69 Å². The lowest BCUT2D eigenvalue weighted by molar-refractivity contribution is -0.120. The van der Waals surface area contributed by atoms with Crippen molar-refractivity contribution in [2.24, 2.45) is 0 Å². The fraction of sp³-hybridized carbons (Fsp3) is 0.227. The van der Waals surface area contributed by atoms with E-state index in [9.17, 15) is 9.18 Å². The molecule has 0 aliphatic heterocycles. The molecule has 0 aliphatic carbocycles. The van der Waals surface area contributed by atoms with Gasteiger partial charge in [-0.05, 0) is 43.1 Å². The number of fused-ring (bicyclic) bond motifs is 1. The van der Waals surface area contributed by atoms with Crippen molar-refractivity contribution in [3.05, 3.63) is 72.0 Å². The van der Waals surface area contributed by atoms with Gasteiger partial charge in [-0.1, -0.05) is 42.5 Å². The number of likely N-dealkylation sites (N-methyl/N-ethyl adjacent to an activating group) is 1. The van der Waals surface area contributed by atoms with E-state index in [0.29, 0.717) is 6.54 Å². The van der Waals surface area contributed by atoms with Gasteiger partial charge in [0, 0.05) is 17.6 Å². The fourth-order valence-electron chi connectivity index (χ4n) is 3.00. The van der Waals surface area contributed by atoms with E-state index >= 15 is 0 Å². The Morgan fingerprint density at radius 3 is 2.63 bits per heavy atom. The highest BCUT2D eigenvalue weighted by Crippen LogP contribution is 2.23. The number of carbonyl (C=O) groups is 1. The molecule has 27 heavy (non-hydrogen) atoms. The van der Waals surface area contributed by atoms with Gasteiger partial charge in [-0.15, -0.1) is 0 Å². The van der Waals surface area contributed by atoms with Gasteiger partial charge in [0.1, 0.15) is 0 Å². The minimum Gasteiger partial charge on any atom is -0.494 e. The molecule has 0 saturated heterocycles. The van der Waals surface area contributed by atoms with Crippen LogP contribution in [0.5, 0.6) is 5.75 Å². The predicted molar refractivity (Wildman–Crippen MR) is 106 cm³/mol. The number of amides is 1. The maximum absolute atomic E-state index is 13.9. The molecule has 0 saturated carbocycles. The third-order valence-corrected chi connectivity index (χ3v) is 4.74. The summed E-state index contributed by atoms with van der Waals surface area (Å²) in [6, 6.07) is 18.2. The number of carbonyl (C=O) groups excluding carboxylic acids is 1. The molecule has 3 aromatic carbocycles. The Kier molecular flexibility index (Phi) is 5.72. The van der Waals surface area contributed by atoms with E-state index in [4.69, 9.17) is 4.74 Å². The van der Waals surface area contributed by atoms with Gasteiger partial charge in [0.15, 0.2) is 11.6 Å². The van der Waals surface area contributed by atoms with Crippen molar-refractivity contribution in [2.75, 3.05) is 19.5 Å². The lowest BCUT2D eigenvalue weighted by Crippen LogP contribution is -2.39. The van der Waals surface area contributed by atoms with Crippen LogP contribution in [0.1, 0.15) is 12.5 Å². The van der Waals surface area contributed by atoms with Crippen molar-refractivity contribution in [1.29, 1.82) is 0 Å². The van der Waals surface area contributed by atoms with Crippen LogP contribution in [0, 0.1) is 5.82 Å². The van der Waals surface area contributed by atoms with Crippen LogP contribution >= 0.6 is 0 Å². The van der Waals surface area contributed by atoms with Crippen molar-refractivity contribution < 1.29 is 13.9 Å². The largest absolute Gasteiger partial charge is 0.494 e. The van der Waals surface area contributed by atoms with Crippen LogP contribution in [-0.2, 0) is 11.3 Å². The molecule has 0 aromatic heterocycles. The molecule has 140 valence electrons. The number of halogens is 1. The average Bonchev–Trinajstić information content (AvgIpc) is 2.67. The molecule has 1 amide bonds. The number of rotatable bonds is 6. The first-order valence-electron chi connectivity index (χ1n) is 8.81. The highest BCUT2D eigenvalue weighted by molar-refractivity contribution is 6.03. The lowest BCUT2D eigenvalue weighted by Gasteiger charge is -2.24. The molecule has 0 aliphatic rings. The average molecular weight is 366 g/mol. The molecule has 0 radical (unpaired) electrons. The zero-order valence-corrected chi connectivity index (χ0v) is 15.7. The maximum atomic E-state index is 13.9. The van der Waals surface area contributed by atoms with Crippen LogP contribution in [0.3, 0.4) is 0 Å². The summed E-state index contributed by atoms with van der Waals surface area (Å²) in [4.78, 5) is 14.6. The van der Waals surface area contributed by atoms with E-state index in [0.717, 1.165) is 22.0 Å². The Hall–Kier alpha value is -2.92. The number of hydrogen-bond acceptors (Lipinski definition) is 3. The Bertz CT molecular complexity index is 953. The first-order chi connectivity index (χ1) is 13.0. The van der Waals surface area contributed by atoms with Gasteiger partial charge >= 0.3 is 0 Å². The molecule has 0 bridgehead atoms. The minimum atomic E-state index is -0.406. The summed E-state index contributed by atoms with van der Waals surface area (Å²) in [7, 11) is 3.28. The summed E-state index contributed by atoms with van der Waals surface area (Å²) >= 11 is 0. The van der Waals surface area contributed by atoms with E-state index < -0.39 is 5.82 Å². The van der Waals surface area contributed by atoms with Gasteiger partial charge in [-0.2, -0.15) is 0 Å². The zero-order valence-electron chi connectivity index (χ0n) is 15.7. The van der Waals surface area contributed by atoms with Gasteiger partial charge in [0.2, 0.25) is 5.91 Å². The monoisotopic (exact) mass is 366 g/mol. The molecule has 3 aromatic rings. The Morgan fingerprint density at radius 2 is 1.89 bits per heavy atom. The van der Waals surface area contributed by atoms with Crippen LogP contribution in [0.25, 0.3) is 10.8 Å². The topological polar surface area (TPSA) is 41.6 Å². The van der Waals surface area contributed by atoms with Gasteiger partial charge in [-0.25, -0.2) is 4.39 Å². The van der Waals surface area contributed by atoms with Gasteiger partial charge in [0.05, 0.1) is 13.2 Å². The summed E-state index contributed by atoms with van der Waals surface area (Å²) in [6.45, 7) is 2.28. The summed E-state index contributed by atoms with van der Waals surface area (Å²) in [5.41, 5.74) is 1.56. The predicted octanol–water partition coefficient (Wildman–Crippen LogP) is 4.45. The van der Waals surface area contributed by atoms with Crippen molar-refractivity contribution in [3.8, 4) is 5.75 Å². The van der Waals surface area contributed by atoms with Crippen molar-refractivity contribution >= 4 is 22.4 Å². The zero-order chi connectivity index (χ0) is 19.4. The van der Waals surface area contributed by atoms with Crippen molar-refractivity contribution in [3.63, 3.8) is 0 Å². The van der Waals surface area contributed by atoms with Crippen LogP contribution in [-0.4, -0.2) is 31.0 Å². The number of methoxy groups -OCH3 is 1. The normalized spacial score (nSPS) is 12.2. The molecule has 0 fully saturated rings. The molecule has 1 atom stereocenters. The van der Waals surface area contributed by atoms with Crippen LogP contribution in [0.4, 0.5) is 10.1 Å². The molecule has 0 spiro atoms. The highest BCUT2D eigenvalue weighted by atomic mass is 19.1. The molecule has 5 heteroatoms. The first-order valence-corrected chi connectivity index (χ1v) is 8.81. The number of ether oxygens (including phenoxy) is 1. The number of nitrogens with one attached hydrogen (secondary N) is 1. The van der Waals surface area contributed by atoms with E-state index in [1.54, 1.807) is 12.1 Å². The number of nitrogens with zero attached hydrogens (tertiary/aromatic N) is 1. The third-order valence-electron chi connectivity index (χ3n) is 4.74. The number of benzene rings is 3. The molecule has 4 nitrogen and oxygen atoms in total.